The molecule has 118 valence electrons. The molecule has 0 unspecified atom stereocenters. The number of aromatic amines is 1. The number of pyridine rings is 1. The molecule has 0 spiro atoms. The molecule has 0 aliphatic heterocycles. The number of anilines is 1. The number of hydrogen-bond acceptors (Lipinski definition) is 5. The Balaban J connectivity index is 1.53. The second kappa shape index (κ2) is 6.09. The zero-order valence-electron chi connectivity index (χ0n) is 12.4. The average Bonchev–Trinajstić information content (AvgIpc) is 3.36. The lowest BCUT2D eigenvalue weighted by atomic mass is 10.2. The lowest BCUT2D eigenvalue weighted by Gasteiger charge is -2.04. The van der Waals surface area contributed by atoms with Crippen LogP contribution in [-0.2, 0) is 0 Å². The quantitative estimate of drug-likeness (QED) is 0.600. The minimum Gasteiger partial charge on any atom is -0.305 e. The maximum Gasteiger partial charge on any atom is 0.257 e. The summed E-state index contributed by atoms with van der Waals surface area (Å²) in [6, 6.07) is 9.12. The monoisotopic (exact) mass is 336 g/mol. The van der Waals surface area contributed by atoms with Gasteiger partial charge >= 0.3 is 0 Å². The van der Waals surface area contributed by atoms with Gasteiger partial charge in [-0.25, -0.2) is 9.97 Å². The predicted octanol–water partition coefficient (Wildman–Crippen LogP) is 2.97. The molecule has 8 heteroatoms. The fourth-order valence-corrected chi connectivity index (χ4v) is 2.92. The van der Waals surface area contributed by atoms with Gasteiger partial charge in [0.1, 0.15) is 12.1 Å². The highest BCUT2D eigenvalue weighted by Gasteiger charge is 2.11. The van der Waals surface area contributed by atoms with Crippen LogP contribution < -0.4 is 5.32 Å². The van der Waals surface area contributed by atoms with Crippen LogP contribution in [0.2, 0.25) is 0 Å². The SMILES string of the molecule is O=C(Nc1cc(-c2cccs2)[nH]n1)c1ccnc(-n2ccnc2)c1. The van der Waals surface area contributed by atoms with Crippen LogP contribution in [0.15, 0.2) is 60.6 Å². The molecule has 4 aromatic rings. The molecule has 0 radical (unpaired) electrons. The van der Waals surface area contributed by atoms with E-state index in [1.54, 1.807) is 53.0 Å². The summed E-state index contributed by atoms with van der Waals surface area (Å²) >= 11 is 1.60. The molecule has 4 heterocycles. The zero-order chi connectivity index (χ0) is 16.4. The number of thiophene rings is 1. The number of rotatable bonds is 4. The maximum absolute atomic E-state index is 12.4. The maximum atomic E-state index is 12.4. The number of H-pyrrole nitrogens is 1. The summed E-state index contributed by atoms with van der Waals surface area (Å²) in [5.41, 5.74) is 1.36. The summed E-state index contributed by atoms with van der Waals surface area (Å²) in [5.74, 6) is 0.855. The summed E-state index contributed by atoms with van der Waals surface area (Å²) in [5, 5.41) is 11.8. The normalized spacial score (nSPS) is 10.7. The van der Waals surface area contributed by atoms with Crippen molar-refractivity contribution in [3.8, 4) is 16.4 Å². The molecule has 4 rings (SSSR count). The Morgan fingerprint density at radius 3 is 3.00 bits per heavy atom. The largest absolute Gasteiger partial charge is 0.305 e. The number of amides is 1. The van der Waals surface area contributed by atoms with E-state index in [9.17, 15) is 4.79 Å². The molecule has 0 aliphatic rings. The fourth-order valence-electron chi connectivity index (χ4n) is 2.23. The summed E-state index contributed by atoms with van der Waals surface area (Å²) in [6.07, 6.45) is 6.65. The van der Waals surface area contributed by atoms with Crippen LogP contribution in [0.4, 0.5) is 5.82 Å². The Morgan fingerprint density at radius 1 is 1.25 bits per heavy atom. The third-order valence-corrected chi connectivity index (χ3v) is 4.29. The standard InChI is InChI=1S/C16H12N6OS/c23-16(11-3-4-18-15(8-11)22-6-5-17-10-22)19-14-9-12(20-21-14)13-2-1-7-24-13/h1-10H,(H2,19,20,21,23). The Kier molecular flexibility index (Phi) is 3.64. The van der Waals surface area contributed by atoms with Gasteiger partial charge in [0.15, 0.2) is 5.82 Å². The van der Waals surface area contributed by atoms with E-state index in [0.717, 1.165) is 10.6 Å². The van der Waals surface area contributed by atoms with Gasteiger partial charge in [-0.15, -0.1) is 11.3 Å². The van der Waals surface area contributed by atoms with Crippen molar-refractivity contribution in [2.24, 2.45) is 0 Å². The summed E-state index contributed by atoms with van der Waals surface area (Å²) < 4.78 is 1.74. The second-order valence-electron chi connectivity index (χ2n) is 4.97. The minimum atomic E-state index is -0.247. The molecule has 7 nitrogen and oxygen atoms in total. The van der Waals surface area contributed by atoms with E-state index in [2.05, 4.69) is 25.5 Å². The van der Waals surface area contributed by atoms with Gasteiger partial charge in [0.05, 0.1) is 10.6 Å². The van der Waals surface area contributed by atoms with Crippen LogP contribution in [0.5, 0.6) is 0 Å². The Labute approximate surface area is 141 Å². The molecule has 0 aliphatic carbocycles. The van der Waals surface area contributed by atoms with Crippen molar-refractivity contribution >= 4 is 23.1 Å². The topological polar surface area (TPSA) is 88.5 Å². The van der Waals surface area contributed by atoms with E-state index >= 15 is 0 Å². The molecule has 4 aromatic heterocycles. The van der Waals surface area contributed by atoms with Crippen molar-refractivity contribution in [1.29, 1.82) is 0 Å². The number of nitrogens with one attached hydrogen (secondary N) is 2. The van der Waals surface area contributed by atoms with Gasteiger partial charge in [0, 0.05) is 30.2 Å². The second-order valence-corrected chi connectivity index (χ2v) is 5.92. The predicted molar refractivity (Wildman–Crippen MR) is 91.2 cm³/mol. The minimum absolute atomic E-state index is 0.247. The highest BCUT2D eigenvalue weighted by atomic mass is 32.1. The van der Waals surface area contributed by atoms with Gasteiger partial charge in [0.2, 0.25) is 0 Å². The summed E-state index contributed by atoms with van der Waals surface area (Å²) in [6.45, 7) is 0. The Hall–Kier alpha value is -3.26. The van der Waals surface area contributed by atoms with Gasteiger partial charge < -0.3 is 5.32 Å². The van der Waals surface area contributed by atoms with Crippen molar-refractivity contribution in [2.45, 2.75) is 0 Å². The molecule has 2 N–H and O–H groups in total. The molecular formula is C16H12N6OS. The highest BCUT2D eigenvalue weighted by Crippen LogP contribution is 2.24. The first-order valence-electron chi connectivity index (χ1n) is 7.14. The first-order chi connectivity index (χ1) is 11.8. The van der Waals surface area contributed by atoms with Gasteiger partial charge in [-0.1, -0.05) is 6.07 Å². The Bertz CT molecular complexity index is 958. The summed E-state index contributed by atoms with van der Waals surface area (Å²) in [4.78, 5) is 21.7. The first kappa shape index (κ1) is 14.3. The number of imidazole rings is 1. The van der Waals surface area contributed by atoms with Crippen molar-refractivity contribution in [3.05, 3.63) is 66.2 Å². The third-order valence-electron chi connectivity index (χ3n) is 3.38. The van der Waals surface area contributed by atoms with Crippen LogP contribution in [0.25, 0.3) is 16.4 Å². The van der Waals surface area contributed by atoms with E-state index in [0.29, 0.717) is 17.2 Å². The van der Waals surface area contributed by atoms with E-state index < -0.39 is 0 Å². The van der Waals surface area contributed by atoms with Gasteiger partial charge in [-0.05, 0) is 23.6 Å². The molecule has 0 fully saturated rings. The number of aromatic nitrogens is 5. The number of carbonyl (C=O) groups is 1. The van der Waals surface area contributed by atoms with Crippen molar-refractivity contribution < 1.29 is 4.79 Å². The van der Waals surface area contributed by atoms with E-state index in [-0.39, 0.29) is 5.91 Å². The van der Waals surface area contributed by atoms with E-state index in [1.165, 1.54) is 0 Å². The van der Waals surface area contributed by atoms with E-state index in [4.69, 9.17) is 0 Å². The van der Waals surface area contributed by atoms with Crippen molar-refractivity contribution in [3.63, 3.8) is 0 Å². The lowest BCUT2D eigenvalue weighted by Crippen LogP contribution is -2.13. The van der Waals surface area contributed by atoms with Crippen LogP contribution in [0, 0.1) is 0 Å². The summed E-state index contributed by atoms with van der Waals surface area (Å²) in [7, 11) is 0. The van der Waals surface area contributed by atoms with Crippen molar-refractivity contribution in [2.75, 3.05) is 5.32 Å². The molecule has 24 heavy (non-hydrogen) atoms. The average molecular weight is 336 g/mol. The Morgan fingerprint density at radius 2 is 2.21 bits per heavy atom. The molecule has 1 amide bonds. The third kappa shape index (κ3) is 2.82. The molecular weight excluding hydrogens is 324 g/mol. The first-order valence-corrected chi connectivity index (χ1v) is 8.02. The molecule has 0 bridgehead atoms. The number of carbonyl (C=O) groups excluding carboxylic acids is 1. The van der Waals surface area contributed by atoms with Gasteiger partial charge in [-0.3, -0.25) is 14.5 Å². The molecule has 0 atom stereocenters. The van der Waals surface area contributed by atoms with E-state index in [1.807, 2.05) is 23.6 Å². The van der Waals surface area contributed by atoms with Crippen LogP contribution in [0.1, 0.15) is 10.4 Å². The molecule has 0 saturated carbocycles. The van der Waals surface area contributed by atoms with Crippen LogP contribution >= 0.6 is 11.3 Å². The fraction of sp³-hybridized carbons (Fsp3) is 0. The van der Waals surface area contributed by atoms with Gasteiger partial charge in [0.25, 0.3) is 5.91 Å². The van der Waals surface area contributed by atoms with Crippen LogP contribution in [0.3, 0.4) is 0 Å². The zero-order valence-corrected chi connectivity index (χ0v) is 13.2. The highest BCUT2D eigenvalue weighted by molar-refractivity contribution is 7.13. The molecule has 0 aromatic carbocycles. The lowest BCUT2D eigenvalue weighted by molar-refractivity contribution is 0.102. The smallest absolute Gasteiger partial charge is 0.257 e. The molecule has 0 saturated heterocycles. The number of hydrogen-bond donors (Lipinski definition) is 2. The number of nitrogens with zero attached hydrogens (tertiary/aromatic N) is 4. The van der Waals surface area contributed by atoms with Crippen molar-refractivity contribution in [1.82, 2.24) is 24.7 Å². The van der Waals surface area contributed by atoms with Gasteiger partial charge in [-0.2, -0.15) is 5.10 Å². The van der Waals surface area contributed by atoms with Crippen LogP contribution in [-0.4, -0.2) is 30.6 Å².